The van der Waals surface area contributed by atoms with E-state index in [1.807, 2.05) is 43.3 Å². The highest BCUT2D eigenvalue weighted by Gasteiger charge is 2.30. The molecule has 3 aromatic rings. The minimum absolute atomic E-state index is 0.202. The molecule has 0 unspecified atom stereocenters. The maximum Gasteiger partial charge on any atom is 0.416 e. The quantitative estimate of drug-likeness (QED) is 0.673. The van der Waals surface area contributed by atoms with Crippen LogP contribution in [-0.4, -0.2) is 25.0 Å². The van der Waals surface area contributed by atoms with Crippen LogP contribution in [0.2, 0.25) is 0 Å². The lowest BCUT2D eigenvalue weighted by Gasteiger charge is -2.13. The van der Waals surface area contributed by atoms with E-state index < -0.39 is 11.7 Å². The number of hydrogen-bond acceptors (Lipinski definition) is 3. The Morgan fingerprint density at radius 1 is 1.00 bits per heavy atom. The van der Waals surface area contributed by atoms with E-state index in [0.717, 1.165) is 29.6 Å². The van der Waals surface area contributed by atoms with Gasteiger partial charge in [-0.2, -0.15) is 13.2 Å². The molecule has 0 spiro atoms. The molecule has 0 aliphatic heterocycles. The van der Waals surface area contributed by atoms with Crippen LogP contribution in [0.25, 0.3) is 11.3 Å². The fourth-order valence-electron chi connectivity index (χ4n) is 2.75. The normalized spacial score (nSPS) is 11.2. The molecule has 0 saturated heterocycles. The Balaban J connectivity index is 1.66. The molecule has 0 radical (unpaired) electrons. The van der Waals surface area contributed by atoms with Crippen molar-refractivity contribution in [2.45, 2.75) is 12.7 Å². The van der Waals surface area contributed by atoms with Gasteiger partial charge < -0.3 is 10.2 Å². The molecule has 0 aliphatic rings. The summed E-state index contributed by atoms with van der Waals surface area (Å²) in [6, 6.07) is 16.1. The maximum absolute atomic E-state index is 12.9. The van der Waals surface area contributed by atoms with Crippen molar-refractivity contribution in [1.29, 1.82) is 0 Å². The molecule has 0 saturated carbocycles. The van der Waals surface area contributed by atoms with E-state index in [0.29, 0.717) is 17.7 Å². The van der Waals surface area contributed by atoms with Gasteiger partial charge in [0, 0.05) is 43.7 Å². The highest BCUT2D eigenvalue weighted by Crippen LogP contribution is 2.31. The fourth-order valence-corrected chi connectivity index (χ4v) is 2.75. The van der Waals surface area contributed by atoms with Gasteiger partial charge in [-0.25, -0.2) is 0 Å². The van der Waals surface area contributed by atoms with Gasteiger partial charge in [0.05, 0.1) is 11.3 Å². The first kappa shape index (κ1) is 20.4. The molecule has 150 valence electrons. The third-order valence-electron chi connectivity index (χ3n) is 4.44. The molecule has 1 heterocycles. The largest absolute Gasteiger partial charge is 0.416 e. The van der Waals surface area contributed by atoms with Gasteiger partial charge in [-0.1, -0.05) is 24.3 Å². The SMILES string of the molecule is CN(C)c1ccc(CNC(=O)c2ccc(-c3cc(C(F)(F)F)ccn3)cc2)cc1. The van der Waals surface area contributed by atoms with Gasteiger partial charge in [0.2, 0.25) is 0 Å². The van der Waals surface area contributed by atoms with Crippen LogP contribution in [0.5, 0.6) is 0 Å². The molecule has 0 atom stereocenters. The summed E-state index contributed by atoms with van der Waals surface area (Å²) in [6.07, 6.45) is -3.30. The summed E-state index contributed by atoms with van der Waals surface area (Å²) in [5.41, 5.74) is 2.41. The number of pyridine rings is 1. The Labute approximate surface area is 167 Å². The van der Waals surface area contributed by atoms with Crippen molar-refractivity contribution in [3.8, 4) is 11.3 Å². The predicted molar refractivity (Wildman–Crippen MR) is 107 cm³/mol. The lowest BCUT2D eigenvalue weighted by atomic mass is 10.1. The Hall–Kier alpha value is -3.35. The minimum Gasteiger partial charge on any atom is -0.378 e. The van der Waals surface area contributed by atoms with E-state index in [9.17, 15) is 18.0 Å². The van der Waals surface area contributed by atoms with E-state index in [-0.39, 0.29) is 11.6 Å². The van der Waals surface area contributed by atoms with Crippen molar-refractivity contribution >= 4 is 11.6 Å². The van der Waals surface area contributed by atoms with Gasteiger partial charge in [-0.3, -0.25) is 9.78 Å². The first-order valence-electron chi connectivity index (χ1n) is 8.92. The smallest absolute Gasteiger partial charge is 0.378 e. The number of rotatable bonds is 5. The molecule has 1 N–H and O–H groups in total. The van der Waals surface area contributed by atoms with Crippen LogP contribution in [0.1, 0.15) is 21.5 Å². The summed E-state index contributed by atoms with van der Waals surface area (Å²) in [5.74, 6) is -0.259. The van der Waals surface area contributed by atoms with E-state index in [1.54, 1.807) is 24.3 Å². The average molecular weight is 399 g/mol. The average Bonchev–Trinajstić information content (AvgIpc) is 2.72. The molecular weight excluding hydrogens is 379 g/mol. The van der Waals surface area contributed by atoms with Crippen molar-refractivity contribution in [2.24, 2.45) is 0 Å². The molecule has 7 heteroatoms. The molecule has 0 fully saturated rings. The Kier molecular flexibility index (Phi) is 5.87. The topological polar surface area (TPSA) is 45.2 Å². The van der Waals surface area contributed by atoms with Crippen molar-refractivity contribution in [3.05, 3.63) is 83.6 Å². The highest BCUT2D eigenvalue weighted by atomic mass is 19.4. The lowest BCUT2D eigenvalue weighted by molar-refractivity contribution is -0.137. The van der Waals surface area contributed by atoms with Gasteiger partial charge in [0.25, 0.3) is 5.91 Å². The second-order valence-corrected chi connectivity index (χ2v) is 6.75. The molecule has 2 aromatic carbocycles. The number of anilines is 1. The molecule has 0 bridgehead atoms. The molecule has 3 rings (SSSR count). The third kappa shape index (κ3) is 5.13. The molecule has 1 aromatic heterocycles. The van der Waals surface area contributed by atoms with Crippen LogP contribution < -0.4 is 10.2 Å². The van der Waals surface area contributed by atoms with Crippen LogP contribution >= 0.6 is 0 Å². The van der Waals surface area contributed by atoms with Crippen molar-refractivity contribution in [1.82, 2.24) is 10.3 Å². The fraction of sp³-hybridized carbons (Fsp3) is 0.182. The first-order valence-corrected chi connectivity index (χ1v) is 8.92. The monoisotopic (exact) mass is 399 g/mol. The number of nitrogens with one attached hydrogen (secondary N) is 1. The summed E-state index contributed by atoms with van der Waals surface area (Å²) >= 11 is 0. The number of halogens is 3. The molecule has 0 aliphatic carbocycles. The number of alkyl halides is 3. The Bertz CT molecular complexity index is 981. The minimum atomic E-state index is -4.43. The van der Waals surface area contributed by atoms with Crippen LogP contribution in [-0.2, 0) is 12.7 Å². The predicted octanol–water partition coefficient (Wildman–Crippen LogP) is 4.76. The van der Waals surface area contributed by atoms with Crippen molar-refractivity contribution < 1.29 is 18.0 Å². The summed E-state index contributed by atoms with van der Waals surface area (Å²) in [5, 5.41) is 2.84. The molecular formula is C22H20F3N3O. The first-order chi connectivity index (χ1) is 13.7. The van der Waals surface area contributed by atoms with Crippen molar-refractivity contribution in [2.75, 3.05) is 19.0 Å². The number of aromatic nitrogens is 1. The zero-order chi connectivity index (χ0) is 21.0. The van der Waals surface area contributed by atoms with Crippen molar-refractivity contribution in [3.63, 3.8) is 0 Å². The Morgan fingerprint density at radius 2 is 1.66 bits per heavy atom. The second kappa shape index (κ2) is 8.34. The zero-order valence-electron chi connectivity index (χ0n) is 16.0. The van der Waals surface area contributed by atoms with Gasteiger partial charge in [0.15, 0.2) is 0 Å². The van der Waals surface area contributed by atoms with E-state index in [2.05, 4.69) is 10.3 Å². The van der Waals surface area contributed by atoms with Gasteiger partial charge in [-0.15, -0.1) is 0 Å². The van der Waals surface area contributed by atoms with E-state index >= 15 is 0 Å². The summed E-state index contributed by atoms with van der Waals surface area (Å²) in [7, 11) is 3.91. The molecule has 4 nitrogen and oxygen atoms in total. The number of hydrogen-bond donors (Lipinski definition) is 1. The van der Waals surface area contributed by atoms with Gasteiger partial charge in [-0.05, 0) is 42.0 Å². The highest BCUT2D eigenvalue weighted by molar-refractivity contribution is 5.94. The lowest BCUT2D eigenvalue weighted by Crippen LogP contribution is -2.22. The number of carbonyl (C=O) groups is 1. The molecule has 1 amide bonds. The standard InChI is InChI=1S/C22H20F3N3O/c1-28(2)19-9-3-15(4-10-19)14-27-21(29)17-7-5-16(6-8-17)20-13-18(11-12-26-20)22(23,24)25/h3-13H,14H2,1-2H3,(H,27,29). The summed E-state index contributed by atoms with van der Waals surface area (Å²) < 4.78 is 38.6. The van der Waals surface area contributed by atoms with Crippen LogP contribution in [0.15, 0.2) is 66.9 Å². The third-order valence-corrected chi connectivity index (χ3v) is 4.44. The van der Waals surface area contributed by atoms with E-state index in [1.165, 1.54) is 0 Å². The number of amides is 1. The van der Waals surface area contributed by atoms with Crippen LogP contribution in [0.4, 0.5) is 18.9 Å². The second-order valence-electron chi connectivity index (χ2n) is 6.75. The maximum atomic E-state index is 12.9. The number of carbonyl (C=O) groups excluding carboxylic acids is 1. The van der Waals surface area contributed by atoms with Gasteiger partial charge in [0.1, 0.15) is 0 Å². The van der Waals surface area contributed by atoms with Crippen LogP contribution in [0, 0.1) is 0 Å². The van der Waals surface area contributed by atoms with Crippen LogP contribution in [0.3, 0.4) is 0 Å². The zero-order valence-corrected chi connectivity index (χ0v) is 16.0. The van der Waals surface area contributed by atoms with Gasteiger partial charge >= 0.3 is 6.18 Å². The summed E-state index contributed by atoms with van der Waals surface area (Å²) in [4.78, 5) is 18.3. The number of benzene rings is 2. The summed E-state index contributed by atoms with van der Waals surface area (Å²) in [6.45, 7) is 0.378. The Morgan fingerprint density at radius 3 is 2.24 bits per heavy atom. The number of nitrogens with zero attached hydrogens (tertiary/aromatic N) is 2. The molecule has 29 heavy (non-hydrogen) atoms. The van der Waals surface area contributed by atoms with E-state index in [4.69, 9.17) is 0 Å².